The number of thioether (sulfide) groups is 1. The Labute approximate surface area is 127 Å². The van der Waals surface area contributed by atoms with Crippen molar-refractivity contribution in [3.63, 3.8) is 0 Å². The quantitative estimate of drug-likeness (QED) is 0.491. The molecule has 2 aromatic carbocycles. The molecule has 0 amide bonds. The van der Waals surface area contributed by atoms with Gasteiger partial charge in [0.25, 0.3) is 0 Å². The van der Waals surface area contributed by atoms with Gasteiger partial charge in [0.2, 0.25) is 6.79 Å². The van der Waals surface area contributed by atoms with Crippen molar-refractivity contribution < 1.29 is 19.0 Å². The molecule has 0 saturated carbocycles. The summed E-state index contributed by atoms with van der Waals surface area (Å²) >= 11 is 1.47. The fraction of sp³-hybridized carbons (Fsp3) is 0.188. The maximum atomic E-state index is 12.1. The van der Waals surface area contributed by atoms with E-state index in [1.165, 1.54) is 11.8 Å². The van der Waals surface area contributed by atoms with Crippen molar-refractivity contribution in [3.05, 3.63) is 48.5 Å². The largest absolute Gasteiger partial charge is 0.454 e. The van der Waals surface area contributed by atoms with Crippen LogP contribution in [0.25, 0.3) is 0 Å². The average Bonchev–Trinajstić information content (AvgIpc) is 2.95. The summed E-state index contributed by atoms with van der Waals surface area (Å²) in [7, 11) is 0. The summed E-state index contributed by atoms with van der Waals surface area (Å²) in [4.78, 5) is 13.1. The first-order chi connectivity index (χ1) is 10.2. The van der Waals surface area contributed by atoms with Gasteiger partial charge >= 0.3 is 5.97 Å². The van der Waals surface area contributed by atoms with E-state index in [-0.39, 0.29) is 18.0 Å². The Bertz CT molecular complexity index is 642. The number of rotatable bonds is 4. The summed E-state index contributed by atoms with van der Waals surface area (Å²) in [5.41, 5.74) is 0. The number of carbonyl (C=O) groups excluding carboxylic acids is 1. The van der Waals surface area contributed by atoms with Crippen LogP contribution < -0.4 is 14.2 Å². The highest BCUT2D eigenvalue weighted by Crippen LogP contribution is 2.35. The molecule has 0 aromatic heterocycles. The van der Waals surface area contributed by atoms with E-state index in [0.29, 0.717) is 17.2 Å². The third-order valence-corrected chi connectivity index (χ3v) is 4.04. The Morgan fingerprint density at radius 1 is 1.14 bits per heavy atom. The number of hydrogen-bond acceptors (Lipinski definition) is 5. The van der Waals surface area contributed by atoms with Crippen LogP contribution >= 0.6 is 11.8 Å². The van der Waals surface area contributed by atoms with Crippen LogP contribution in [0, 0.1) is 0 Å². The minimum atomic E-state index is -0.294. The molecule has 0 fully saturated rings. The Morgan fingerprint density at radius 3 is 2.71 bits per heavy atom. The van der Waals surface area contributed by atoms with Gasteiger partial charge in [-0.15, -0.1) is 11.8 Å². The minimum Gasteiger partial charge on any atom is -0.454 e. The van der Waals surface area contributed by atoms with Gasteiger partial charge in [0.05, 0.1) is 0 Å². The van der Waals surface area contributed by atoms with E-state index >= 15 is 0 Å². The van der Waals surface area contributed by atoms with E-state index in [1.807, 2.05) is 37.3 Å². The molecular formula is C16H14O4S. The second kappa shape index (κ2) is 6.10. The number of benzene rings is 2. The first-order valence-electron chi connectivity index (χ1n) is 6.55. The van der Waals surface area contributed by atoms with Crippen LogP contribution in [0.4, 0.5) is 0 Å². The molecule has 4 nitrogen and oxygen atoms in total. The topological polar surface area (TPSA) is 44.8 Å². The van der Waals surface area contributed by atoms with Crippen LogP contribution in [0.5, 0.6) is 17.2 Å². The Balaban J connectivity index is 1.63. The third kappa shape index (κ3) is 3.31. The first kappa shape index (κ1) is 13.8. The highest BCUT2D eigenvalue weighted by Gasteiger charge is 2.19. The molecule has 21 heavy (non-hydrogen) atoms. The lowest BCUT2D eigenvalue weighted by Crippen LogP contribution is -2.19. The SMILES string of the molecule is C[C@H](Sc1ccccc1)C(=O)Oc1ccc2c(c1)OCO2. The first-order valence-corrected chi connectivity index (χ1v) is 7.43. The summed E-state index contributed by atoms with van der Waals surface area (Å²) in [6.07, 6.45) is 0. The molecule has 0 radical (unpaired) electrons. The van der Waals surface area contributed by atoms with E-state index in [4.69, 9.17) is 14.2 Å². The van der Waals surface area contributed by atoms with Crippen LogP contribution in [0.15, 0.2) is 53.4 Å². The predicted molar refractivity (Wildman–Crippen MR) is 80.0 cm³/mol. The normalized spacial score (nSPS) is 13.8. The molecule has 3 rings (SSSR count). The second-order valence-electron chi connectivity index (χ2n) is 4.51. The predicted octanol–water partition coefficient (Wildman–Crippen LogP) is 3.50. The lowest BCUT2D eigenvalue weighted by atomic mass is 10.3. The van der Waals surface area contributed by atoms with Crippen LogP contribution in [-0.4, -0.2) is 18.0 Å². The number of carbonyl (C=O) groups is 1. The standard InChI is InChI=1S/C16H14O4S/c1-11(21-13-5-3-2-4-6-13)16(17)20-12-7-8-14-15(9-12)19-10-18-14/h2-9,11H,10H2,1H3/t11-/m0/s1. The zero-order valence-electron chi connectivity index (χ0n) is 11.4. The fourth-order valence-electron chi connectivity index (χ4n) is 1.89. The van der Waals surface area contributed by atoms with Crippen molar-refractivity contribution in [3.8, 4) is 17.2 Å². The summed E-state index contributed by atoms with van der Waals surface area (Å²) in [5.74, 6) is 1.44. The summed E-state index contributed by atoms with van der Waals surface area (Å²) in [5, 5.41) is -0.294. The Hall–Kier alpha value is -2.14. The van der Waals surface area contributed by atoms with Crippen molar-refractivity contribution in [2.24, 2.45) is 0 Å². The lowest BCUT2D eigenvalue weighted by molar-refractivity contribution is -0.133. The average molecular weight is 302 g/mol. The molecule has 0 spiro atoms. The van der Waals surface area contributed by atoms with Gasteiger partial charge in [-0.05, 0) is 31.2 Å². The van der Waals surface area contributed by atoms with Gasteiger partial charge in [0.1, 0.15) is 11.0 Å². The molecule has 0 unspecified atom stereocenters. The van der Waals surface area contributed by atoms with E-state index in [9.17, 15) is 4.79 Å². The van der Waals surface area contributed by atoms with Gasteiger partial charge in [-0.3, -0.25) is 4.79 Å². The Morgan fingerprint density at radius 2 is 1.90 bits per heavy atom. The van der Waals surface area contributed by atoms with Crippen LogP contribution in [-0.2, 0) is 4.79 Å². The molecular weight excluding hydrogens is 288 g/mol. The highest BCUT2D eigenvalue weighted by molar-refractivity contribution is 8.00. The second-order valence-corrected chi connectivity index (χ2v) is 5.92. The van der Waals surface area contributed by atoms with Crippen molar-refractivity contribution in [2.45, 2.75) is 17.1 Å². The molecule has 0 saturated heterocycles. The molecule has 1 heterocycles. The van der Waals surface area contributed by atoms with Gasteiger partial charge in [-0.25, -0.2) is 0 Å². The number of esters is 1. The fourth-order valence-corrected chi connectivity index (χ4v) is 2.76. The third-order valence-electron chi connectivity index (χ3n) is 2.95. The molecule has 2 aromatic rings. The molecule has 0 N–H and O–H groups in total. The van der Waals surface area contributed by atoms with Crippen LogP contribution in [0.3, 0.4) is 0 Å². The van der Waals surface area contributed by atoms with Gasteiger partial charge in [-0.1, -0.05) is 18.2 Å². The molecule has 1 atom stereocenters. The van der Waals surface area contributed by atoms with Crippen molar-refractivity contribution in [1.29, 1.82) is 0 Å². The number of fused-ring (bicyclic) bond motifs is 1. The maximum absolute atomic E-state index is 12.1. The van der Waals surface area contributed by atoms with Crippen molar-refractivity contribution in [1.82, 2.24) is 0 Å². The Kier molecular flexibility index (Phi) is 4.01. The van der Waals surface area contributed by atoms with Crippen molar-refractivity contribution in [2.75, 3.05) is 6.79 Å². The summed E-state index contributed by atoms with van der Waals surface area (Å²) in [6, 6.07) is 14.9. The van der Waals surface area contributed by atoms with E-state index in [0.717, 1.165) is 4.90 Å². The molecule has 108 valence electrons. The van der Waals surface area contributed by atoms with Gasteiger partial charge in [-0.2, -0.15) is 0 Å². The summed E-state index contributed by atoms with van der Waals surface area (Å²) in [6.45, 7) is 2.03. The summed E-state index contributed by atoms with van der Waals surface area (Å²) < 4.78 is 15.9. The van der Waals surface area contributed by atoms with E-state index < -0.39 is 0 Å². The molecule has 0 aliphatic carbocycles. The molecule has 0 bridgehead atoms. The lowest BCUT2D eigenvalue weighted by Gasteiger charge is -2.11. The molecule has 1 aliphatic heterocycles. The smallest absolute Gasteiger partial charge is 0.324 e. The number of ether oxygens (including phenoxy) is 3. The maximum Gasteiger partial charge on any atom is 0.324 e. The van der Waals surface area contributed by atoms with E-state index in [2.05, 4.69) is 0 Å². The highest BCUT2D eigenvalue weighted by atomic mass is 32.2. The van der Waals surface area contributed by atoms with E-state index in [1.54, 1.807) is 18.2 Å². The number of hydrogen-bond donors (Lipinski definition) is 0. The van der Waals surface area contributed by atoms with Gasteiger partial charge < -0.3 is 14.2 Å². The molecule has 5 heteroatoms. The molecule has 1 aliphatic rings. The zero-order valence-corrected chi connectivity index (χ0v) is 12.3. The monoisotopic (exact) mass is 302 g/mol. The van der Waals surface area contributed by atoms with Crippen molar-refractivity contribution >= 4 is 17.7 Å². The van der Waals surface area contributed by atoms with Gasteiger partial charge in [0.15, 0.2) is 11.5 Å². The zero-order chi connectivity index (χ0) is 14.7. The van der Waals surface area contributed by atoms with Gasteiger partial charge in [0, 0.05) is 11.0 Å². The van der Waals surface area contributed by atoms with Crippen LogP contribution in [0.1, 0.15) is 6.92 Å². The van der Waals surface area contributed by atoms with Crippen LogP contribution in [0.2, 0.25) is 0 Å². The minimum absolute atomic E-state index is 0.201.